The predicted octanol–water partition coefficient (Wildman–Crippen LogP) is 1.92. The van der Waals surface area contributed by atoms with Crippen LogP contribution in [0.5, 0.6) is 0 Å². The topological polar surface area (TPSA) is 38.7 Å². The van der Waals surface area contributed by atoms with Crippen LogP contribution in [0.25, 0.3) is 0 Å². The van der Waals surface area contributed by atoms with Crippen LogP contribution in [0.3, 0.4) is 0 Å². The van der Waals surface area contributed by atoms with Gasteiger partial charge >= 0.3 is 0 Å². The summed E-state index contributed by atoms with van der Waals surface area (Å²) in [6.45, 7) is 1.91. The molecule has 3 nitrogen and oxygen atoms in total. The molecule has 0 saturated carbocycles. The highest BCUT2D eigenvalue weighted by Gasteiger charge is 2.16. The molecule has 0 aliphatic carbocycles. The molecule has 1 atom stereocenters. The lowest BCUT2D eigenvalue weighted by atomic mass is 10.1. The Hall–Kier alpha value is -0.900. The number of hydrogen-bond donors (Lipinski definition) is 1. The standard InChI is InChI=1S/C13H18O3/c14-13(11-4-2-1-3-5-11)10-16-12-6-8-15-9-7-12/h1-5,12-14H,6-10H2. The normalized spacial score (nSPS) is 19.6. The molecule has 1 unspecified atom stereocenters. The summed E-state index contributed by atoms with van der Waals surface area (Å²) in [6, 6.07) is 9.62. The van der Waals surface area contributed by atoms with Gasteiger partial charge in [0.1, 0.15) is 6.10 Å². The van der Waals surface area contributed by atoms with Gasteiger partial charge in [0.05, 0.1) is 12.7 Å². The monoisotopic (exact) mass is 222 g/mol. The molecule has 0 aromatic heterocycles. The first-order valence-electron chi connectivity index (χ1n) is 5.78. The molecule has 16 heavy (non-hydrogen) atoms. The lowest BCUT2D eigenvalue weighted by Gasteiger charge is -2.23. The average molecular weight is 222 g/mol. The second kappa shape index (κ2) is 5.99. The fraction of sp³-hybridized carbons (Fsp3) is 0.538. The first-order valence-corrected chi connectivity index (χ1v) is 5.78. The summed E-state index contributed by atoms with van der Waals surface area (Å²) < 4.78 is 10.9. The van der Waals surface area contributed by atoms with Crippen LogP contribution in [-0.4, -0.2) is 31.0 Å². The van der Waals surface area contributed by atoms with Gasteiger partial charge in [-0.3, -0.25) is 0 Å². The molecule has 0 bridgehead atoms. The van der Waals surface area contributed by atoms with Gasteiger partial charge in [-0.15, -0.1) is 0 Å². The third-order valence-corrected chi connectivity index (χ3v) is 2.84. The van der Waals surface area contributed by atoms with E-state index in [0.29, 0.717) is 6.61 Å². The van der Waals surface area contributed by atoms with E-state index in [2.05, 4.69) is 0 Å². The van der Waals surface area contributed by atoms with Crippen molar-refractivity contribution in [2.75, 3.05) is 19.8 Å². The summed E-state index contributed by atoms with van der Waals surface area (Å²) in [5.74, 6) is 0. The molecule has 1 fully saturated rings. The lowest BCUT2D eigenvalue weighted by molar-refractivity contribution is -0.0598. The van der Waals surface area contributed by atoms with Crippen LogP contribution in [0.4, 0.5) is 0 Å². The van der Waals surface area contributed by atoms with Crippen molar-refractivity contribution in [2.24, 2.45) is 0 Å². The Bertz CT molecular complexity index is 293. The zero-order chi connectivity index (χ0) is 11.2. The highest BCUT2D eigenvalue weighted by atomic mass is 16.5. The van der Waals surface area contributed by atoms with E-state index in [1.54, 1.807) is 0 Å². The summed E-state index contributed by atoms with van der Waals surface area (Å²) in [5, 5.41) is 9.89. The van der Waals surface area contributed by atoms with Gasteiger partial charge in [-0.25, -0.2) is 0 Å². The van der Waals surface area contributed by atoms with E-state index in [1.165, 1.54) is 0 Å². The van der Waals surface area contributed by atoms with E-state index in [0.717, 1.165) is 31.6 Å². The first-order chi connectivity index (χ1) is 7.86. The fourth-order valence-electron chi connectivity index (χ4n) is 1.84. The first kappa shape index (κ1) is 11.6. The minimum Gasteiger partial charge on any atom is -0.386 e. The van der Waals surface area contributed by atoms with E-state index in [-0.39, 0.29) is 6.10 Å². The van der Waals surface area contributed by atoms with E-state index in [9.17, 15) is 5.11 Å². The number of rotatable bonds is 4. The molecule has 1 aliphatic rings. The Morgan fingerprint density at radius 2 is 1.94 bits per heavy atom. The van der Waals surface area contributed by atoms with E-state index in [4.69, 9.17) is 9.47 Å². The maximum atomic E-state index is 9.89. The van der Waals surface area contributed by atoms with Gasteiger partial charge in [-0.05, 0) is 18.4 Å². The van der Waals surface area contributed by atoms with Crippen molar-refractivity contribution < 1.29 is 14.6 Å². The van der Waals surface area contributed by atoms with Crippen LogP contribution < -0.4 is 0 Å². The third-order valence-electron chi connectivity index (χ3n) is 2.84. The SMILES string of the molecule is OC(COC1CCOCC1)c1ccccc1. The third kappa shape index (κ3) is 3.30. The molecule has 1 N–H and O–H groups in total. The molecule has 2 rings (SSSR count). The number of hydrogen-bond acceptors (Lipinski definition) is 3. The summed E-state index contributed by atoms with van der Waals surface area (Å²) in [4.78, 5) is 0. The largest absolute Gasteiger partial charge is 0.386 e. The zero-order valence-corrected chi connectivity index (χ0v) is 9.34. The lowest BCUT2D eigenvalue weighted by Crippen LogP contribution is -2.25. The average Bonchev–Trinajstić information content (AvgIpc) is 2.38. The summed E-state index contributed by atoms with van der Waals surface area (Å²) >= 11 is 0. The van der Waals surface area contributed by atoms with E-state index >= 15 is 0 Å². The van der Waals surface area contributed by atoms with Crippen molar-refractivity contribution in [3.8, 4) is 0 Å². The molecule has 0 radical (unpaired) electrons. The second-order valence-corrected chi connectivity index (χ2v) is 4.07. The maximum absolute atomic E-state index is 9.89. The van der Waals surface area contributed by atoms with Crippen molar-refractivity contribution in [2.45, 2.75) is 25.0 Å². The van der Waals surface area contributed by atoms with Crippen LogP contribution in [0.1, 0.15) is 24.5 Å². The van der Waals surface area contributed by atoms with Crippen molar-refractivity contribution >= 4 is 0 Å². The Kier molecular flexibility index (Phi) is 4.34. The predicted molar refractivity (Wildman–Crippen MR) is 61.2 cm³/mol. The minimum atomic E-state index is -0.524. The van der Waals surface area contributed by atoms with Gasteiger partial charge in [0.25, 0.3) is 0 Å². The van der Waals surface area contributed by atoms with Gasteiger partial charge in [0.15, 0.2) is 0 Å². The van der Waals surface area contributed by atoms with Crippen LogP contribution >= 0.6 is 0 Å². The van der Waals surface area contributed by atoms with Gasteiger partial charge in [0, 0.05) is 13.2 Å². The van der Waals surface area contributed by atoms with Gasteiger partial charge in [-0.2, -0.15) is 0 Å². The minimum absolute atomic E-state index is 0.243. The molecule has 88 valence electrons. The molecule has 1 saturated heterocycles. The molecule has 1 aromatic carbocycles. The Morgan fingerprint density at radius 3 is 2.62 bits per heavy atom. The molecular weight excluding hydrogens is 204 g/mol. The Morgan fingerprint density at radius 1 is 1.25 bits per heavy atom. The van der Waals surface area contributed by atoms with Gasteiger partial charge in [0.2, 0.25) is 0 Å². The van der Waals surface area contributed by atoms with Crippen LogP contribution in [0.15, 0.2) is 30.3 Å². The van der Waals surface area contributed by atoms with E-state index in [1.807, 2.05) is 30.3 Å². The molecule has 1 heterocycles. The van der Waals surface area contributed by atoms with Crippen molar-refractivity contribution in [3.63, 3.8) is 0 Å². The van der Waals surface area contributed by atoms with Crippen LogP contribution in [0.2, 0.25) is 0 Å². The highest BCUT2D eigenvalue weighted by molar-refractivity contribution is 5.17. The molecule has 1 aromatic rings. The number of benzene rings is 1. The number of aliphatic hydroxyl groups excluding tert-OH is 1. The Labute approximate surface area is 96.0 Å². The quantitative estimate of drug-likeness (QED) is 0.845. The zero-order valence-electron chi connectivity index (χ0n) is 9.34. The molecule has 0 amide bonds. The maximum Gasteiger partial charge on any atom is 0.102 e. The number of ether oxygens (including phenoxy) is 2. The molecule has 0 spiro atoms. The van der Waals surface area contributed by atoms with Crippen LogP contribution in [-0.2, 0) is 9.47 Å². The van der Waals surface area contributed by atoms with Gasteiger partial charge in [-0.1, -0.05) is 30.3 Å². The van der Waals surface area contributed by atoms with E-state index < -0.39 is 6.10 Å². The molecule has 3 heteroatoms. The molecular formula is C13H18O3. The Balaban J connectivity index is 1.77. The van der Waals surface area contributed by atoms with Crippen LogP contribution in [0, 0.1) is 0 Å². The van der Waals surface area contributed by atoms with Gasteiger partial charge < -0.3 is 14.6 Å². The fourth-order valence-corrected chi connectivity index (χ4v) is 1.84. The summed E-state index contributed by atoms with van der Waals surface area (Å²) in [7, 11) is 0. The van der Waals surface area contributed by atoms with Crippen molar-refractivity contribution in [3.05, 3.63) is 35.9 Å². The smallest absolute Gasteiger partial charge is 0.102 e. The van der Waals surface area contributed by atoms with Crippen molar-refractivity contribution in [1.29, 1.82) is 0 Å². The summed E-state index contributed by atoms with van der Waals surface area (Å²) in [5.41, 5.74) is 0.912. The summed E-state index contributed by atoms with van der Waals surface area (Å²) in [6.07, 6.45) is 1.58. The highest BCUT2D eigenvalue weighted by Crippen LogP contribution is 2.16. The molecule has 1 aliphatic heterocycles. The second-order valence-electron chi connectivity index (χ2n) is 4.07. The number of aliphatic hydroxyl groups is 1. The van der Waals surface area contributed by atoms with Crippen molar-refractivity contribution in [1.82, 2.24) is 0 Å².